The second kappa shape index (κ2) is 6.67. The number of hydrogen-bond donors (Lipinski definition) is 0. The average molecular weight is 377 g/mol. The highest BCUT2D eigenvalue weighted by atomic mass is 32.2. The number of nitrogens with zero attached hydrogens (tertiary/aromatic N) is 1. The van der Waals surface area contributed by atoms with Gasteiger partial charge in [-0.25, -0.2) is 8.42 Å². The molecular weight excluding hydrogens is 358 g/mol. The van der Waals surface area contributed by atoms with Gasteiger partial charge >= 0.3 is 0 Å². The summed E-state index contributed by atoms with van der Waals surface area (Å²) in [5.41, 5.74) is 2.74. The Hall–Kier alpha value is -2.92. The predicted octanol–water partition coefficient (Wildman–Crippen LogP) is 4.17. The average Bonchev–Trinajstić information content (AvgIpc) is 2.69. The predicted molar refractivity (Wildman–Crippen MR) is 106 cm³/mol. The summed E-state index contributed by atoms with van der Waals surface area (Å²) in [6.07, 6.45) is 0. The van der Waals surface area contributed by atoms with Gasteiger partial charge in [0.2, 0.25) is 0 Å². The second-order valence-corrected chi connectivity index (χ2v) is 8.79. The van der Waals surface area contributed by atoms with Gasteiger partial charge in [0.05, 0.1) is 10.6 Å². The molecule has 0 N–H and O–H groups in total. The third-order valence-corrected chi connectivity index (χ3v) is 7.03. The summed E-state index contributed by atoms with van der Waals surface area (Å²) >= 11 is 0. The van der Waals surface area contributed by atoms with Gasteiger partial charge in [-0.1, -0.05) is 60.2 Å². The van der Waals surface area contributed by atoms with E-state index in [1.165, 1.54) is 0 Å². The fourth-order valence-corrected chi connectivity index (χ4v) is 5.34. The molecule has 0 aromatic heterocycles. The molecule has 0 saturated heterocycles. The Morgan fingerprint density at radius 1 is 0.889 bits per heavy atom. The largest absolute Gasteiger partial charge is 0.305 e. The normalized spacial score (nSPS) is 18.0. The minimum atomic E-state index is -3.59. The molecule has 4 rings (SSSR count). The molecule has 0 fully saturated rings. The smallest absolute Gasteiger partial charge is 0.258 e. The van der Waals surface area contributed by atoms with E-state index in [4.69, 9.17) is 0 Å². The molecule has 1 atom stereocenters. The Balaban J connectivity index is 1.84. The Bertz CT molecular complexity index is 1090. The molecule has 1 unspecified atom stereocenters. The molecule has 27 heavy (non-hydrogen) atoms. The van der Waals surface area contributed by atoms with Crippen LogP contribution in [0, 0.1) is 6.92 Å². The van der Waals surface area contributed by atoms with E-state index < -0.39 is 15.1 Å². The van der Waals surface area contributed by atoms with Crippen LogP contribution >= 0.6 is 0 Å². The van der Waals surface area contributed by atoms with Gasteiger partial charge in [-0.15, -0.1) is 0 Å². The number of aryl methyl sites for hydroxylation is 1. The van der Waals surface area contributed by atoms with Crippen molar-refractivity contribution in [1.82, 2.24) is 0 Å². The van der Waals surface area contributed by atoms with Gasteiger partial charge in [-0.05, 0) is 36.8 Å². The fourth-order valence-electron chi connectivity index (χ4n) is 3.43. The van der Waals surface area contributed by atoms with Crippen molar-refractivity contribution in [2.75, 3.05) is 11.4 Å². The van der Waals surface area contributed by atoms with Crippen molar-refractivity contribution in [3.8, 4) is 0 Å². The molecular formula is C22H19NO3S. The maximum Gasteiger partial charge on any atom is 0.258 e. The van der Waals surface area contributed by atoms with Gasteiger partial charge in [0.15, 0.2) is 9.84 Å². The van der Waals surface area contributed by atoms with Crippen LogP contribution < -0.4 is 4.90 Å². The molecule has 3 aromatic carbocycles. The van der Waals surface area contributed by atoms with Gasteiger partial charge in [0, 0.05) is 12.1 Å². The highest BCUT2D eigenvalue weighted by Crippen LogP contribution is 2.41. The van der Waals surface area contributed by atoms with Crippen LogP contribution in [-0.4, -0.2) is 20.9 Å². The molecule has 1 aliphatic heterocycles. The molecule has 1 aliphatic rings. The van der Waals surface area contributed by atoms with Crippen LogP contribution in [0.1, 0.15) is 26.7 Å². The van der Waals surface area contributed by atoms with E-state index in [-0.39, 0.29) is 17.3 Å². The number of anilines is 1. The Morgan fingerprint density at radius 3 is 2.22 bits per heavy atom. The third kappa shape index (κ3) is 3.04. The van der Waals surface area contributed by atoms with Crippen LogP contribution in [0.4, 0.5) is 5.69 Å². The number of rotatable bonds is 2. The van der Waals surface area contributed by atoms with Crippen molar-refractivity contribution in [3.63, 3.8) is 0 Å². The SMILES string of the molecule is Cc1ccc(C(=O)N2CC(c3ccccc3)S(=O)(=O)c3ccccc32)cc1. The quantitative estimate of drug-likeness (QED) is 0.673. The Morgan fingerprint density at radius 2 is 1.52 bits per heavy atom. The Labute approximate surface area is 159 Å². The zero-order valence-electron chi connectivity index (χ0n) is 14.9. The minimum absolute atomic E-state index is 0.0933. The summed E-state index contributed by atoms with van der Waals surface area (Å²) in [5.74, 6) is -0.196. The highest BCUT2D eigenvalue weighted by Gasteiger charge is 2.40. The molecule has 0 aliphatic carbocycles. The van der Waals surface area contributed by atoms with E-state index in [1.807, 2.05) is 37.3 Å². The van der Waals surface area contributed by atoms with E-state index in [1.54, 1.807) is 53.4 Å². The first-order chi connectivity index (χ1) is 13.0. The van der Waals surface area contributed by atoms with E-state index in [9.17, 15) is 13.2 Å². The number of para-hydroxylation sites is 1. The molecule has 0 spiro atoms. The zero-order valence-corrected chi connectivity index (χ0v) is 15.7. The lowest BCUT2D eigenvalue weighted by Crippen LogP contribution is -2.41. The maximum atomic E-state index is 13.2. The van der Waals surface area contributed by atoms with E-state index in [0.717, 1.165) is 5.56 Å². The molecule has 3 aromatic rings. The lowest BCUT2D eigenvalue weighted by atomic mass is 10.1. The maximum absolute atomic E-state index is 13.2. The summed E-state index contributed by atoms with van der Waals surface area (Å²) in [7, 11) is -3.59. The van der Waals surface area contributed by atoms with Gasteiger partial charge < -0.3 is 4.90 Å². The van der Waals surface area contributed by atoms with E-state index >= 15 is 0 Å². The number of amides is 1. The third-order valence-electron chi connectivity index (χ3n) is 4.90. The van der Waals surface area contributed by atoms with Gasteiger partial charge in [-0.3, -0.25) is 4.79 Å². The summed E-state index contributed by atoms with van der Waals surface area (Å²) < 4.78 is 26.4. The van der Waals surface area contributed by atoms with Crippen LogP contribution in [0.5, 0.6) is 0 Å². The monoisotopic (exact) mass is 377 g/mol. The first-order valence-electron chi connectivity index (χ1n) is 8.75. The number of sulfone groups is 1. The first-order valence-corrected chi connectivity index (χ1v) is 10.3. The standard InChI is InChI=1S/C22H19NO3S/c1-16-11-13-18(14-12-16)22(24)23-15-21(17-7-3-2-4-8-17)27(25,26)20-10-6-5-9-19(20)23/h2-14,21H,15H2,1H3. The summed E-state index contributed by atoms with van der Waals surface area (Å²) in [6, 6.07) is 23.1. The van der Waals surface area contributed by atoms with Crippen molar-refractivity contribution < 1.29 is 13.2 Å². The molecule has 0 bridgehead atoms. The lowest BCUT2D eigenvalue weighted by molar-refractivity contribution is 0.0986. The van der Waals surface area contributed by atoms with Crippen molar-refractivity contribution in [2.24, 2.45) is 0 Å². The molecule has 5 heteroatoms. The number of carbonyl (C=O) groups is 1. The summed E-state index contributed by atoms with van der Waals surface area (Å²) in [6.45, 7) is 2.05. The van der Waals surface area contributed by atoms with Gasteiger partial charge in [0.1, 0.15) is 5.25 Å². The van der Waals surface area contributed by atoms with Crippen molar-refractivity contribution in [3.05, 3.63) is 95.6 Å². The van der Waals surface area contributed by atoms with Gasteiger partial charge in [-0.2, -0.15) is 0 Å². The lowest BCUT2D eigenvalue weighted by Gasteiger charge is -2.34. The van der Waals surface area contributed by atoms with Crippen LogP contribution in [0.25, 0.3) is 0 Å². The number of hydrogen-bond acceptors (Lipinski definition) is 3. The van der Waals surface area contributed by atoms with E-state index in [2.05, 4.69) is 0 Å². The van der Waals surface area contributed by atoms with Crippen molar-refractivity contribution in [1.29, 1.82) is 0 Å². The van der Waals surface area contributed by atoms with Crippen LogP contribution in [0.2, 0.25) is 0 Å². The molecule has 136 valence electrons. The molecule has 0 saturated carbocycles. The summed E-state index contributed by atoms with van der Waals surface area (Å²) in [4.78, 5) is 15.0. The topological polar surface area (TPSA) is 54.5 Å². The van der Waals surface area contributed by atoms with E-state index in [0.29, 0.717) is 16.8 Å². The van der Waals surface area contributed by atoms with Crippen LogP contribution in [0.3, 0.4) is 0 Å². The number of fused-ring (bicyclic) bond motifs is 1. The van der Waals surface area contributed by atoms with Crippen LogP contribution in [0.15, 0.2) is 83.8 Å². The second-order valence-electron chi connectivity index (χ2n) is 6.69. The Kier molecular flexibility index (Phi) is 4.32. The first kappa shape index (κ1) is 17.5. The van der Waals surface area contributed by atoms with Gasteiger partial charge in [0.25, 0.3) is 5.91 Å². The van der Waals surface area contributed by atoms with Crippen LogP contribution in [-0.2, 0) is 9.84 Å². The number of benzene rings is 3. The fraction of sp³-hybridized carbons (Fsp3) is 0.136. The molecule has 1 amide bonds. The minimum Gasteiger partial charge on any atom is -0.305 e. The molecule has 0 radical (unpaired) electrons. The van der Waals surface area contributed by atoms with Crippen molar-refractivity contribution >= 4 is 21.4 Å². The zero-order chi connectivity index (χ0) is 19.0. The summed E-state index contributed by atoms with van der Waals surface area (Å²) in [5, 5.41) is -0.789. The number of carbonyl (C=O) groups excluding carboxylic acids is 1. The highest BCUT2D eigenvalue weighted by molar-refractivity contribution is 7.92. The molecule has 1 heterocycles. The van der Waals surface area contributed by atoms with Crippen molar-refractivity contribution in [2.45, 2.75) is 17.1 Å². The molecule has 4 nitrogen and oxygen atoms in total.